The SMILES string of the molecule is CN(CCCCCCCCO)C(=O)CCCCCCCNc1c(Nc2ccncc2)c(=O)c1=O. The second kappa shape index (κ2) is 16.0. The lowest BCUT2D eigenvalue weighted by molar-refractivity contribution is -0.130. The van der Waals surface area contributed by atoms with Crippen LogP contribution in [0.1, 0.15) is 77.0 Å². The van der Waals surface area contributed by atoms with Crippen molar-refractivity contribution in [3.8, 4) is 0 Å². The van der Waals surface area contributed by atoms with Gasteiger partial charge in [0.05, 0.1) is 0 Å². The third-order valence-corrected chi connectivity index (χ3v) is 6.06. The van der Waals surface area contributed by atoms with Crippen LogP contribution in [0.5, 0.6) is 0 Å². The van der Waals surface area contributed by atoms with Crippen molar-refractivity contribution in [2.24, 2.45) is 0 Å². The molecule has 0 saturated heterocycles. The van der Waals surface area contributed by atoms with Gasteiger partial charge in [0.25, 0.3) is 10.9 Å². The first kappa shape index (κ1) is 27.5. The number of rotatable bonds is 19. The van der Waals surface area contributed by atoms with E-state index < -0.39 is 10.9 Å². The fourth-order valence-corrected chi connectivity index (χ4v) is 3.89. The molecule has 34 heavy (non-hydrogen) atoms. The number of aliphatic hydroxyl groups excluding tert-OH is 1. The summed E-state index contributed by atoms with van der Waals surface area (Å²) in [6.45, 7) is 1.73. The largest absolute Gasteiger partial charge is 0.396 e. The van der Waals surface area contributed by atoms with Crippen LogP contribution in [0.15, 0.2) is 34.1 Å². The van der Waals surface area contributed by atoms with Gasteiger partial charge < -0.3 is 20.6 Å². The van der Waals surface area contributed by atoms with E-state index in [-0.39, 0.29) is 12.5 Å². The van der Waals surface area contributed by atoms with E-state index in [4.69, 9.17) is 5.11 Å². The molecular formula is C26H40N4O4. The van der Waals surface area contributed by atoms with E-state index in [2.05, 4.69) is 15.6 Å². The molecule has 188 valence electrons. The zero-order valence-electron chi connectivity index (χ0n) is 20.5. The van der Waals surface area contributed by atoms with E-state index in [9.17, 15) is 14.4 Å². The highest BCUT2D eigenvalue weighted by Gasteiger charge is 2.20. The van der Waals surface area contributed by atoms with Gasteiger partial charge in [-0.1, -0.05) is 44.9 Å². The van der Waals surface area contributed by atoms with E-state index >= 15 is 0 Å². The Balaban J connectivity index is 1.49. The van der Waals surface area contributed by atoms with Crippen LogP contribution in [-0.4, -0.2) is 47.6 Å². The van der Waals surface area contributed by atoms with Gasteiger partial charge in [-0.3, -0.25) is 19.4 Å². The summed E-state index contributed by atoms with van der Waals surface area (Å²) in [5, 5.41) is 14.8. The number of unbranched alkanes of at least 4 members (excludes halogenated alkanes) is 9. The molecule has 1 aromatic heterocycles. The molecule has 1 amide bonds. The van der Waals surface area contributed by atoms with Crippen molar-refractivity contribution in [2.45, 2.75) is 77.0 Å². The summed E-state index contributed by atoms with van der Waals surface area (Å²) in [6.07, 6.45) is 15.2. The first-order chi connectivity index (χ1) is 16.5. The molecule has 0 fully saturated rings. The molecular weight excluding hydrogens is 432 g/mol. The summed E-state index contributed by atoms with van der Waals surface area (Å²) in [5.74, 6) is 0.219. The van der Waals surface area contributed by atoms with Crippen molar-refractivity contribution in [3.05, 3.63) is 45.0 Å². The highest BCUT2D eigenvalue weighted by atomic mass is 16.3. The van der Waals surface area contributed by atoms with Crippen LogP contribution >= 0.6 is 0 Å². The molecule has 0 bridgehead atoms. The Hall–Kier alpha value is -2.74. The molecule has 0 spiro atoms. The summed E-state index contributed by atoms with van der Waals surface area (Å²) in [7, 11) is 1.89. The Bertz CT molecular complexity index is 909. The Morgan fingerprint density at radius 2 is 1.44 bits per heavy atom. The molecule has 3 N–H and O–H groups in total. The van der Waals surface area contributed by atoms with Crippen LogP contribution in [0.4, 0.5) is 17.1 Å². The van der Waals surface area contributed by atoms with Gasteiger partial charge in [0.2, 0.25) is 5.91 Å². The number of pyridine rings is 1. The summed E-state index contributed by atoms with van der Waals surface area (Å²) in [5.41, 5.74) is 0.439. The van der Waals surface area contributed by atoms with Gasteiger partial charge in [0.15, 0.2) is 0 Å². The van der Waals surface area contributed by atoms with Gasteiger partial charge in [-0.15, -0.1) is 0 Å². The van der Waals surface area contributed by atoms with Gasteiger partial charge in [-0.2, -0.15) is 0 Å². The third-order valence-electron chi connectivity index (χ3n) is 6.06. The van der Waals surface area contributed by atoms with E-state index in [1.54, 1.807) is 24.5 Å². The Morgan fingerprint density at radius 1 is 0.853 bits per heavy atom. The Labute approximate surface area is 202 Å². The van der Waals surface area contributed by atoms with Crippen molar-refractivity contribution in [1.82, 2.24) is 9.88 Å². The first-order valence-corrected chi connectivity index (χ1v) is 12.6. The smallest absolute Gasteiger partial charge is 0.253 e. The van der Waals surface area contributed by atoms with Crippen molar-refractivity contribution >= 4 is 23.0 Å². The maximum atomic E-state index is 12.2. The van der Waals surface area contributed by atoms with Crippen molar-refractivity contribution in [3.63, 3.8) is 0 Å². The maximum absolute atomic E-state index is 12.2. The normalized spacial score (nSPS) is 11.0. The van der Waals surface area contributed by atoms with Gasteiger partial charge in [-0.25, -0.2) is 0 Å². The lowest BCUT2D eigenvalue weighted by Gasteiger charge is -2.17. The number of aromatic nitrogens is 1. The van der Waals surface area contributed by atoms with Crippen LogP contribution < -0.4 is 21.5 Å². The highest BCUT2D eigenvalue weighted by Crippen LogP contribution is 2.20. The molecule has 0 aliphatic heterocycles. The Kier molecular flexibility index (Phi) is 12.9. The van der Waals surface area contributed by atoms with Gasteiger partial charge in [-0.05, 0) is 37.8 Å². The zero-order valence-corrected chi connectivity index (χ0v) is 20.5. The molecule has 8 heteroatoms. The van der Waals surface area contributed by atoms with E-state index in [0.717, 1.165) is 76.4 Å². The molecule has 0 aliphatic rings. The highest BCUT2D eigenvalue weighted by molar-refractivity contribution is 5.78. The van der Waals surface area contributed by atoms with E-state index in [1.165, 1.54) is 6.42 Å². The molecule has 0 saturated carbocycles. The lowest BCUT2D eigenvalue weighted by Crippen LogP contribution is -2.36. The maximum Gasteiger partial charge on any atom is 0.253 e. The second-order valence-corrected chi connectivity index (χ2v) is 8.87. The molecule has 1 aromatic carbocycles. The average molecular weight is 473 g/mol. The quantitative estimate of drug-likeness (QED) is 0.210. The first-order valence-electron chi connectivity index (χ1n) is 12.6. The van der Waals surface area contributed by atoms with Crippen LogP contribution in [0.3, 0.4) is 0 Å². The molecule has 2 rings (SSSR count). The molecule has 0 unspecified atom stereocenters. The van der Waals surface area contributed by atoms with Crippen LogP contribution in [0, 0.1) is 0 Å². The molecule has 0 aliphatic carbocycles. The number of carbonyl (C=O) groups excluding carboxylic acids is 1. The van der Waals surface area contributed by atoms with Crippen molar-refractivity contribution in [2.75, 3.05) is 37.4 Å². The third kappa shape index (κ3) is 9.63. The van der Waals surface area contributed by atoms with Gasteiger partial charge in [0.1, 0.15) is 11.4 Å². The Morgan fingerprint density at radius 3 is 2.15 bits per heavy atom. The number of amides is 1. The standard InChI is InChI=1S/C26H40N4O4/c1-30(19-11-7-2-3-8-12-20-31)22(32)13-9-5-4-6-10-16-28-23-24(26(34)25(23)33)29-21-14-17-27-18-15-21/h14-15,17-18,28,31H,2-13,16,19-20H2,1H3,(H,27,29). The second-order valence-electron chi connectivity index (χ2n) is 8.87. The van der Waals surface area contributed by atoms with Crippen LogP contribution in [-0.2, 0) is 4.79 Å². The van der Waals surface area contributed by atoms with Crippen molar-refractivity contribution in [1.29, 1.82) is 0 Å². The topological polar surface area (TPSA) is 112 Å². The number of hydrogen-bond donors (Lipinski definition) is 3. The minimum absolute atomic E-state index is 0.219. The average Bonchev–Trinajstić information content (AvgIpc) is 2.86. The van der Waals surface area contributed by atoms with Gasteiger partial charge >= 0.3 is 0 Å². The molecule has 1 heterocycles. The lowest BCUT2D eigenvalue weighted by atomic mass is 10.1. The fourth-order valence-electron chi connectivity index (χ4n) is 3.89. The van der Waals surface area contributed by atoms with Crippen LogP contribution in [0.2, 0.25) is 0 Å². The number of hydrogen-bond acceptors (Lipinski definition) is 7. The minimum Gasteiger partial charge on any atom is -0.396 e. The summed E-state index contributed by atoms with van der Waals surface area (Å²) in [4.78, 5) is 41.7. The monoisotopic (exact) mass is 472 g/mol. The fraction of sp³-hybridized carbons (Fsp3) is 0.615. The number of aliphatic hydroxyl groups is 1. The number of nitrogens with one attached hydrogen (secondary N) is 2. The minimum atomic E-state index is -0.494. The molecule has 8 nitrogen and oxygen atoms in total. The molecule has 0 atom stereocenters. The van der Waals surface area contributed by atoms with E-state index in [1.807, 2.05) is 11.9 Å². The summed E-state index contributed by atoms with van der Waals surface area (Å²) in [6, 6.07) is 3.48. The predicted octanol–water partition coefficient (Wildman–Crippen LogP) is 3.97. The molecule has 2 aromatic rings. The number of anilines is 3. The van der Waals surface area contributed by atoms with Gasteiger partial charge in [0, 0.05) is 51.2 Å². The van der Waals surface area contributed by atoms with E-state index in [0.29, 0.717) is 24.3 Å². The summed E-state index contributed by atoms with van der Waals surface area (Å²) < 4.78 is 0. The predicted molar refractivity (Wildman–Crippen MR) is 137 cm³/mol. The number of carbonyl (C=O) groups is 1. The molecule has 0 radical (unpaired) electrons. The van der Waals surface area contributed by atoms with Crippen LogP contribution in [0.25, 0.3) is 0 Å². The number of nitrogens with zero attached hydrogens (tertiary/aromatic N) is 2. The summed E-state index contributed by atoms with van der Waals surface area (Å²) >= 11 is 0. The van der Waals surface area contributed by atoms with Crippen molar-refractivity contribution < 1.29 is 9.90 Å². The zero-order chi connectivity index (χ0) is 24.6.